The molecule has 3 rings (SSSR count). The van der Waals surface area contributed by atoms with Crippen LogP contribution in [0.15, 0.2) is 0 Å². The molecule has 25 heavy (non-hydrogen) atoms. The van der Waals surface area contributed by atoms with Crippen LogP contribution < -0.4 is 5.32 Å². The van der Waals surface area contributed by atoms with Crippen LogP contribution in [-0.4, -0.2) is 46.3 Å². The number of carboxylic acid groups (broad SMARTS) is 1. The highest BCUT2D eigenvalue weighted by molar-refractivity contribution is 7.15. The van der Waals surface area contributed by atoms with Gasteiger partial charge < -0.3 is 10.0 Å². The lowest BCUT2D eigenvalue weighted by molar-refractivity contribution is -0.187. The average molecular weight is 377 g/mol. The lowest BCUT2D eigenvalue weighted by Crippen LogP contribution is -2.35. The van der Waals surface area contributed by atoms with Gasteiger partial charge in [0.15, 0.2) is 5.13 Å². The van der Waals surface area contributed by atoms with Gasteiger partial charge in [-0.1, -0.05) is 6.42 Å². The summed E-state index contributed by atoms with van der Waals surface area (Å²) in [7, 11) is 0. The molecule has 138 valence electrons. The Morgan fingerprint density at radius 3 is 2.56 bits per heavy atom. The van der Waals surface area contributed by atoms with Crippen LogP contribution in [0.5, 0.6) is 0 Å². The number of hydrogen-bond acceptors (Lipinski definition) is 4. The third-order valence-corrected chi connectivity index (χ3v) is 5.73. The highest BCUT2D eigenvalue weighted by Crippen LogP contribution is 2.38. The molecule has 2 N–H and O–H groups in total. The van der Waals surface area contributed by atoms with Gasteiger partial charge in [0, 0.05) is 18.0 Å². The van der Waals surface area contributed by atoms with Gasteiger partial charge in [0.1, 0.15) is 0 Å². The number of aliphatic carboxylic acids is 1. The topological polar surface area (TPSA) is 82.5 Å². The average Bonchev–Trinajstić information content (AvgIpc) is 3.06. The molecule has 1 aromatic heterocycles. The van der Waals surface area contributed by atoms with Gasteiger partial charge in [-0.15, -0.1) is 11.3 Å². The molecule has 1 aliphatic carbocycles. The smallest absolute Gasteiger partial charge is 0.394 e. The maximum atomic E-state index is 13.0. The monoisotopic (exact) mass is 377 g/mol. The third-order valence-electron chi connectivity index (χ3n) is 4.65. The van der Waals surface area contributed by atoms with Gasteiger partial charge in [-0.25, -0.2) is 9.78 Å². The Labute approximate surface area is 146 Å². The highest BCUT2D eigenvalue weighted by Gasteiger charge is 2.53. The number of aryl methyl sites for hydroxylation is 2. The number of rotatable bonds is 2. The van der Waals surface area contributed by atoms with Crippen LogP contribution >= 0.6 is 11.3 Å². The minimum Gasteiger partial charge on any atom is -0.481 e. The Kier molecular flexibility index (Phi) is 4.90. The maximum absolute atomic E-state index is 13.0. The van der Waals surface area contributed by atoms with Crippen LogP contribution in [0.4, 0.5) is 23.1 Å². The molecule has 2 atom stereocenters. The first-order chi connectivity index (χ1) is 11.8. The van der Waals surface area contributed by atoms with Crippen molar-refractivity contribution in [1.29, 1.82) is 0 Å². The zero-order valence-electron chi connectivity index (χ0n) is 13.3. The number of aromatic nitrogens is 1. The second-order valence-corrected chi connectivity index (χ2v) is 7.46. The van der Waals surface area contributed by atoms with Gasteiger partial charge in [0.25, 0.3) is 0 Å². The fraction of sp³-hybridized carbons (Fsp3) is 0.667. The number of likely N-dealkylation sites (tertiary alicyclic amines) is 1. The number of nitrogens with one attached hydrogen (secondary N) is 1. The molecule has 0 unspecified atom stereocenters. The van der Waals surface area contributed by atoms with E-state index in [-0.39, 0.29) is 0 Å². The highest BCUT2D eigenvalue weighted by atomic mass is 32.1. The van der Waals surface area contributed by atoms with Gasteiger partial charge in [-0.2, -0.15) is 13.2 Å². The van der Waals surface area contributed by atoms with E-state index in [1.54, 1.807) is 0 Å². The van der Waals surface area contributed by atoms with Crippen LogP contribution in [0.1, 0.15) is 29.8 Å². The van der Waals surface area contributed by atoms with Crippen molar-refractivity contribution in [3.63, 3.8) is 0 Å². The second-order valence-electron chi connectivity index (χ2n) is 6.38. The zero-order chi connectivity index (χ0) is 18.2. The van der Waals surface area contributed by atoms with Gasteiger partial charge in [0.05, 0.1) is 17.5 Å². The van der Waals surface area contributed by atoms with Crippen molar-refractivity contribution in [1.82, 2.24) is 9.88 Å². The summed E-state index contributed by atoms with van der Waals surface area (Å²) in [6.07, 6.45) is 0.295. The second kappa shape index (κ2) is 6.81. The number of carbonyl (C=O) groups is 2. The lowest BCUT2D eigenvalue weighted by Gasteiger charge is -2.18. The number of carboxylic acids is 1. The van der Waals surface area contributed by atoms with E-state index in [2.05, 4.69) is 10.3 Å². The van der Waals surface area contributed by atoms with Crippen molar-refractivity contribution in [3.05, 3.63) is 10.6 Å². The first-order valence-electron chi connectivity index (χ1n) is 8.09. The zero-order valence-corrected chi connectivity index (χ0v) is 14.1. The fourth-order valence-corrected chi connectivity index (χ4v) is 4.34. The van der Waals surface area contributed by atoms with Crippen molar-refractivity contribution >= 4 is 28.5 Å². The number of thiazole rings is 1. The Bertz CT molecular complexity index is 653. The maximum Gasteiger partial charge on any atom is 0.394 e. The normalized spacial score (nSPS) is 23.9. The molecule has 1 fully saturated rings. The summed E-state index contributed by atoms with van der Waals surface area (Å²) in [6, 6.07) is -0.734. The van der Waals surface area contributed by atoms with Crippen molar-refractivity contribution in [3.8, 4) is 0 Å². The van der Waals surface area contributed by atoms with E-state index in [4.69, 9.17) is 5.11 Å². The predicted octanol–water partition coefficient (Wildman–Crippen LogP) is 3.14. The van der Waals surface area contributed by atoms with Crippen molar-refractivity contribution in [2.75, 3.05) is 18.4 Å². The minimum atomic E-state index is -4.66. The molecule has 0 aromatic carbocycles. The molecule has 2 aliphatic rings. The summed E-state index contributed by atoms with van der Waals surface area (Å²) in [5.74, 6) is -5.24. The number of nitrogens with zero attached hydrogens (tertiary/aromatic N) is 2. The summed E-state index contributed by atoms with van der Waals surface area (Å²) in [6.45, 7) is -1.12. The molecule has 2 heterocycles. The molecule has 1 aromatic rings. The van der Waals surface area contributed by atoms with E-state index in [0.29, 0.717) is 5.13 Å². The van der Waals surface area contributed by atoms with E-state index in [0.717, 1.165) is 47.6 Å². The molecule has 0 radical (unpaired) electrons. The fourth-order valence-electron chi connectivity index (χ4n) is 3.30. The van der Waals surface area contributed by atoms with E-state index in [1.807, 2.05) is 0 Å². The molecule has 0 bridgehead atoms. The van der Waals surface area contributed by atoms with E-state index < -0.39 is 43.1 Å². The number of urea groups is 1. The Morgan fingerprint density at radius 1 is 1.20 bits per heavy atom. The first kappa shape index (κ1) is 18.0. The van der Waals surface area contributed by atoms with E-state index in [1.165, 1.54) is 11.3 Å². The van der Waals surface area contributed by atoms with Gasteiger partial charge in [-0.3, -0.25) is 10.1 Å². The summed E-state index contributed by atoms with van der Waals surface area (Å²) >= 11 is 1.34. The molecular formula is C15H18F3N3O3S. The molecule has 1 aliphatic heterocycles. The van der Waals surface area contributed by atoms with E-state index >= 15 is 0 Å². The summed E-state index contributed by atoms with van der Waals surface area (Å²) in [5.41, 5.74) is 0.941. The number of amides is 2. The molecular weight excluding hydrogens is 359 g/mol. The molecule has 6 nitrogen and oxygen atoms in total. The molecule has 0 spiro atoms. The summed E-state index contributed by atoms with van der Waals surface area (Å²) in [5, 5.41) is 11.9. The number of anilines is 1. The molecule has 2 amide bonds. The Hall–Kier alpha value is -1.84. The van der Waals surface area contributed by atoms with Crippen molar-refractivity contribution in [2.45, 2.75) is 38.3 Å². The van der Waals surface area contributed by atoms with Crippen LogP contribution in [0.3, 0.4) is 0 Å². The Morgan fingerprint density at radius 2 is 1.92 bits per heavy atom. The minimum absolute atomic E-state index is 0.360. The number of halogens is 3. The summed E-state index contributed by atoms with van der Waals surface area (Å²) in [4.78, 5) is 29.7. The standard InChI is InChI=1S/C15H18F3N3O3S/c16-15(17,18)9-7-21(6-8(9)12(22)23)14(24)20-13-19-10-4-2-1-3-5-11(10)25-13/h8-9H,1-7H2,(H,22,23)(H,19,20,24)/t8-,9-/m1/s1. The van der Waals surface area contributed by atoms with Gasteiger partial charge >= 0.3 is 18.2 Å². The van der Waals surface area contributed by atoms with Gasteiger partial charge in [0.2, 0.25) is 0 Å². The largest absolute Gasteiger partial charge is 0.481 e. The number of alkyl halides is 3. The van der Waals surface area contributed by atoms with Crippen molar-refractivity contribution in [2.24, 2.45) is 11.8 Å². The number of hydrogen-bond donors (Lipinski definition) is 2. The predicted molar refractivity (Wildman–Crippen MR) is 84.6 cm³/mol. The van der Waals surface area contributed by atoms with Crippen LogP contribution in [-0.2, 0) is 17.6 Å². The SMILES string of the molecule is O=C(O)[C@@H]1CN(C(=O)Nc2nc3c(s2)CCCCC3)C[C@H]1C(F)(F)F. The number of carbonyl (C=O) groups excluding carboxylic acids is 1. The molecule has 1 saturated heterocycles. The van der Waals surface area contributed by atoms with Crippen LogP contribution in [0.2, 0.25) is 0 Å². The number of fused-ring (bicyclic) bond motifs is 1. The van der Waals surface area contributed by atoms with Gasteiger partial charge in [-0.05, 0) is 25.7 Å². The van der Waals surface area contributed by atoms with Crippen molar-refractivity contribution < 1.29 is 27.9 Å². The van der Waals surface area contributed by atoms with E-state index in [9.17, 15) is 22.8 Å². The Balaban J connectivity index is 1.68. The quantitative estimate of drug-likeness (QED) is 0.776. The first-order valence-corrected chi connectivity index (χ1v) is 8.91. The van der Waals surface area contributed by atoms with Crippen LogP contribution in [0.25, 0.3) is 0 Å². The molecule has 0 saturated carbocycles. The molecule has 10 heteroatoms. The third kappa shape index (κ3) is 3.88. The lowest BCUT2D eigenvalue weighted by atomic mass is 9.96. The summed E-state index contributed by atoms with van der Waals surface area (Å²) < 4.78 is 39.0. The van der Waals surface area contributed by atoms with Crippen LogP contribution in [0, 0.1) is 11.8 Å².